The number of aliphatic hydroxyl groups is 1. The van der Waals surface area contributed by atoms with Crippen LogP contribution in [0, 0.1) is 0 Å². The average molecular weight is 911 g/mol. The van der Waals surface area contributed by atoms with Crippen LogP contribution in [0.3, 0.4) is 0 Å². The van der Waals surface area contributed by atoms with Crippen LogP contribution in [0.25, 0.3) is 12.2 Å². The number of amides is 5. The first-order valence-corrected chi connectivity index (χ1v) is 20.3. The fraction of sp³-hybridized carbons (Fsp3) is 0.500. The summed E-state index contributed by atoms with van der Waals surface area (Å²) in [6.45, 7) is 13.5. The van der Waals surface area contributed by atoms with Gasteiger partial charge in [0.1, 0.15) is 28.1 Å². The van der Waals surface area contributed by atoms with Gasteiger partial charge < -0.3 is 40.7 Å². The van der Waals surface area contributed by atoms with Crippen molar-refractivity contribution in [1.29, 1.82) is 0 Å². The number of carbonyl (C=O) groups is 5. The molecule has 2 aromatic carbocycles. The van der Waals surface area contributed by atoms with Crippen LogP contribution in [-0.4, -0.2) is 106 Å². The van der Waals surface area contributed by atoms with Crippen molar-refractivity contribution >= 4 is 47.9 Å². The maximum absolute atomic E-state index is 12.8. The van der Waals surface area contributed by atoms with E-state index in [-0.39, 0.29) is 44.0 Å². The third-order valence-electron chi connectivity index (χ3n) is 9.63. The van der Waals surface area contributed by atoms with Crippen molar-refractivity contribution < 1.29 is 64.9 Å². The number of hydrogen-bond donors (Lipinski definition) is 4. The smallest absolute Gasteiger partial charge is 0.416 e. The number of nitrogens with zero attached hydrogens (tertiary/aromatic N) is 3. The summed E-state index contributed by atoms with van der Waals surface area (Å²) in [5.74, 6) is -1.41. The standard InChI is InChI=1S/C21H26F3N3O4.C21H24F3N3O3.C2H6O/c1-19(2,3)31-18(30)27-11-9-20(10-12-27,17(25)29)26-16(28)8-7-14-5-4-6-15(13-14)21(22,23)24;1-19(2,3)30-18(29)27-11-9-20(10-12-27)17(28)25-16(26-20)8-7-14-5-4-6-15(13-14)21(22,23)24;1-2-3/h4-8,13H,9-12H2,1-3H3,(H2,25,29)(H,26,28);4-8,13H,9-12H2,1-3H3,(H,25,26,28);3H,2H2,1H3/b2*8-7+;. The molecule has 352 valence electrons. The number of rotatable bonds is 6. The predicted molar refractivity (Wildman–Crippen MR) is 226 cm³/mol. The van der Waals surface area contributed by atoms with Gasteiger partial charge in [0.05, 0.1) is 11.1 Å². The highest BCUT2D eigenvalue weighted by Crippen LogP contribution is 2.33. The Morgan fingerprint density at radius 1 is 0.766 bits per heavy atom. The lowest BCUT2D eigenvalue weighted by molar-refractivity contribution is -0.138. The van der Waals surface area contributed by atoms with Crippen LogP contribution in [0.5, 0.6) is 0 Å². The number of aliphatic imine (C=N–C) groups is 1. The molecule has 1 spiro atoms. The van der Waals surface area contributed by atoms with E-state index in [9.17, 15) is 50.3 Å². The summed E-state index contributed by atoms with van der Waals surface area (Å²) in [7, 11) is 0. The van der Waals surface area contributed by atoms with Crippen LogP contribution in [-0.2, 0) is 36.2 Å². The number of nitrogens with two attached hydrogens (primary N) is 1. The van der Waals surface area contributed by atoms with Crippen LogP contribution in [0.4, 0.5) is 35.9 Å². The van der Waals surface area contributed by atoms with E-state index in [0.29, 0.717) is 37.3 Å². The molecular formula is C44H56F6N6O8. The maximum atomic E-state index is 12.8. The van der Waals surface area contributed by atoms with E-state index in [0.717, 1.165) is 30.3 Å². The van der Waals surface area contributed by atoms with Crippen LogP contribution in [0.2, 0.25) is 0 Å². The van der Waals surface area contributed by atoms with Crippen molar-refractivity contribution in [3.8, 4) is 0 Å². The molecular weight excluding hydrogens is 855 g/mol. The molecule has 2 aromatic rings. The molecule has 0 saturated carbocycles. The summed E-state index contributed by atoms with van der Waals surface area (Å²) in [5.41, 5.74) is 0.859. The summed E-state index contributed by atoms with van der Waals surface area (Å²) in [6, 6.07) is 9.39. The molecule has 2 saturated heterocycles. The number of hydrogen-bond acceptors (Lipinski definition) is 9. The predicted octanol–water partition coefficient (Wildman–Crippen LogP) is 7.11. The maximum Gasteiger partial charge on any atom is 0.416 e. The van der Waals surface area contributed by atoms with Gasteiger partial charge in [-0.1, -0.05) is 30.3 Å². The van der Waals surface area contributed by atoms with E-state index >= 15 is 0 Å². The van der Waals surface area contributed by atoms with Crippen molar-refractivity contribution in [3.63, 3.8) is 0 Å². The molecule has 0 bridgehead atoms. The molecule has 3 aliphatic heterocycles. The zero-order chi connectivity index (χ0) is 48.3. The molecule has 0 unspecified atom stereocenters. The number of nitrogens with one attached hydrogen (secondary N) is 2. The molecule has 5 N–H and O–H groups in total. The van der Waals surface area contributed by atoms with Gasteiger partial charge in [-0.15, -0.1) is 0 Å². The minimum Gasteiger partial charge on any atom is -0.444 e. The number of likely N-dealkylation sites (tertiary alicyclic amines) is 2. The van der Waals surface area contributed by atoms with Crippen LogP contribution in [0.15, 0.2) is 65.7 Å². The Morgan fingerprint density at radius 2 is 1.19 bits per heavy atom. The number of benzene rings is 2. The van der Waals surface area contributed by atoms with E-state index in [1.165, 1.54) is 47.4 Å². The molecule has 20 heteroatoms. The van der Waals surface area contributed by atoms with Gasteiger partial charge in [-0.2, -0.15) is 26.3 Å². The molecule has 3 heterocycles. The second-order valence-corrected chi connectivity index (χ2v) is 17.1. The van der Waals surface area contributed by atoms with E-state index in [4.69, 9.17) is 20.3 Å². The van der Waals surface area contributed by atoms with Gasteiger partial charge in [0, 0.05) is 38.9 Å². The Kier molecular flexibility index (Phi) is 17.3. The molecule has 0 radical (unpaired) electrons. The zero-order valence-electron chi connectivity index (χ0n) is 36.8. The number of carbonyl (C=O) groups excluding carboxylic acids is 5. The minimum absolute atomic E-state index is 0.0880. The summed E-state index contributed by atoms with van der Waals surface area (Å²) in [5, 5.41) is 12.8. The van der Waals surface area contributed by atoms with Gasteiger partial charge in [0.25, 0.3) is 5.91 Å². The summed E-state index contributed by atoms with van der Waals surface area (Å²) >= 11 is 0. The highest BCUT2D eigenvalue weighted by Gasteiger charge is 2.47. The fourth-order valence-electron chi connectivity index (χ4n) is 6.44. The number of piperidine rings is 2. The average Bonchev–Trinajstić information content (AvgIpc) is 3.48. The van der Waals surface area contributed by atoms with Crippen molar-refractivity contribution in [2.75, 3.05) is 32.8 Å². The van der Waals surface area contributed by atoms with Gasteiger partial charge in [-0.3, -0.25) is 19.4 Å². The van der Waals surface area contributed by atoms with E-state index in [2.05, 4.69) is 15.6 Å². The highest BCUT2D eigenvalue weighted by molar-refractivity contribution is 6.14. The minimum atomic E-state index is -4.50. The number of amidine groups is 1. The number of ether oxygens (including phenoxy) is 2. The first kappa shape index (κ1) is 52.4. The van der Waals surface area contributed by atoms with E-state index in [1.807, 2.05) is 0 Å². The number of halogens is 6. The fourth-order valence-corrected chi connectivity index (χ4v) is 6.44. The number of aliphatic hydroxyl groups excluding tert-OH is 1. The molecule has 5 rings (SSSR count). The molecule has 14 nitrogen and oxygen atoms in total. The third kappa shape index (κ3) is 15.7. The van der Waals surface area contributed by atoms with Crippen molar-refractivity contribution in [3.05, 3.63) is 82.9 Å². The Morgan fingerprint density at radius 3 is 1.59 bits per heavy atom. The SMILES string of the molecule is CC(C)(C)OC(=O)N1CCC(NC(=O)/C=C/c2cccc(C(F)(F)F)c2)(C(N)=O)CC1.CC(C)(C)OC(=O)N1CCC2(CC1)N=C(/C=C/c1cccc(C(F)(F)F)c1)NC2=O.CCO. The van der Waals surface area contributed by atoms with Crippen LogP contribution >= 0.6 is 0 Å². The molecule has 64 heavy (non-hydrogen) atoms. The number of primary amides is 1. The quantitative estimate of drug-likeness (QED) is 0.174. The molecule has 0 aliphatic carbocycles. The second kappa shape index (κ2) is 21.2. The first-order chi connectivity index (χ1) is 29.5. The highest BCUT2D eigenvalue weighted by atomic mass is 19.4. The molecule has 2 fully saturated rings. The summed E-state index contributed by atoms with van der Waals surface area (Å²) in [6.07, 6.45) is -3.78. The zero-order valence-corrected chi connectivity index (χ0v) is 36.8. The monoisotopic (exact) mass is 910 g/mol. The second-order valence-electron chi connectivity index (χ2n) is 17.1. The van der Waals surface area contributed by atoms with Crippen LogP contribution < -0.4 is 16.4 Å². The van der Waals surface area contributed by atoms with E-state index in [1.54, 1.807) is 53.4 Å². The van der Waals surface area contributed by atoms with Crippen LogP contribution in [0.1, 0.15) is 96.4 Å². The number of alkyl halides is 6. The Balaban J connectivity index is 0.000000321. The van der Waals surface area contributed by atoms with Crippen molar-refractivity contribution in [2.24, 2.45) is 10.7 Å². The largest absolute Gasteiger partial charge is 0.444 e. The van der Waals surface area contributed by atoms with Gasteiger partial charge in [-0.05, 0) is 122 Å². The summed E-state index contributed by atoms with van der Waals surface area (Å²) < 4.78 is 87.6. The molecule has 0 atom stereocenters. The molecule has 3 aliphatic rings. The topological polar surface area (TPSA) is 193 Å². The lowest BCUT2D eigenvalue weighted by Crippen LogP contribution is -2.62. The normalized spacial score (nSPS) is 17.4. The Labute approximate surface area is 367 Å². The van der Waals surface area contributed by atoms with Crippen molar-refractivity contribution in [1.82, 2.24) is 20.4 Å². The Bertz CT molecular complexity index is 2070. The van der Waals surface area contributed by atoms with E-state index < -0.39 is 69.8 Å². The Hall–Kier alpha value is -5.92. The lowest BCUT2D eigenvalue weighted by Gasteiger charge is -2.40. The first-order valence-electron chi connectivity index (χ1n) is 20.3. The van der Waals surface area contributed by atoms with Gasteiger partial charge in [0.2, 0.25) is 11.8 Å². The van der Waals surface area contributed by atoms with Crippen molar-refractivity contribution in [2.45, 2.75) is 109 Å². The van der Waals surface area contributed by atoms with Gasteiger partial charge in [-0.25, -0.2) is 9.59 Å². The van der Waals surface area contributed by atoms with Gasteiger partial charge >= 0.3 is 24.5 Å². The molecule has 5 amide bonds. The molecule has 0 aromatic heterocycles. The summed E-state index contributed by atoms with van der Waals surface area (Å²) in [4.78, 5) is 68.8. The lowest BCUT2D eigenvalue weighted by atomic mass is 9.86. The van der Waals surface area contributed by atoms with Gasteiger partial charge in [0.15, 0.2) is 0 Å². The third-order valence-corrected chi connectivity index (χ3v) is 9.63.